The molecule has 0 spiro atoms. The van der Waals surface area contributed by atoms with Gasteiger partial charge in [0, 0.05) is 31.0 Å². The van der Waals surface area contributed by atoms with Gasteiger partial charge in [-0.1, -0.05) is 18.2 Å². The van der Waals surface area contributed by atoms with E-state index >= 15 is 0 Å². The maximum Gasteiger partial charge on any atom is 0.191 e. The van der Waals surface area contributed by atoms with Crippen molar-refractivity contribution >= 4 is 0 Å². The highest BCUT2D eigenvalue weighted by Gasteiger charge is 2.54. The highest BCUT2D eigenvalue weighted by Crippen LogP contribution is 2.54. The average Bonchev–Trinajstić information content (AvgIpc) is 2.67. The first-order valence-corrected chi connectivity index (χ1v) is 8.82. The maximum atomic E-state index is 13.5. The smallest absolute Gasteiger partial charge is 0.191 e. The molecule has 3 rings (SSSR count). The quantitative estimate of drug-likeness (QED) is 0.873. The monoisotopic (exact) mass is 361 g/mol. The summed E-state index contributed by atoms with van der Waals surface area (Å²) in [6, 6.07) is 12.4. The summed E-state index contributed by atoms with van der Waals surface area (Å²) in [7, 11) is 0. The van der Waals surface area contributed by atoms with Gasteiger partial charge in [-0.3, -0.25) is 4.90 Å². The molecular formula is C21H20FN5. The molecule has 2 aliphatic rings. The molecule has 1 aliphatic carbocycles. The summed E-state index contributed by atoms with van der Waals surface area (Å²) in [5.74, 6) is -1.23. The fourth-order valence-corrected chi connectivity index (χ4v) is 4.17. The molecule has 0 saturated carbocycles. The number of benzene rings is 1. The molecule has 1 aromatic rings. The van der Waals surface area contributed by atoms with E-state index < -0.39 is 17.2 Å². The van der Waals surface area contributed by atoms with E-state index in [2.05, 4.69) is 37.0 Å². The predicted molar refractivity (Wildman–Crippen MR) is 97.9 cm³/mol. The summed E-state index contributed by atoms with van der Waals surface area (Å²) in [5, 5.41) is 29.6. The van der Waals surface area contributed by atoms with Crippen LogP contribution in [0.3, 0.4) is 0 Å². The first kappa shape index (κ1) is 18.6. The van der Waals surface area contributed by atoms with Crippen LogP contribution < -0.4 is 5.73 Å². The molecule has 2 atom stereocenters. The van der Waals surface area contributed by atoms with Gasteiger partial charge in [0.05, 0.1) is 23.4 Å². The summed E-state index contributed by atoms with van der Waals surface area (Å²) in [5.41, 5.74) is 6.22. The number of nitriles is 3. The Kier molecular flexibility index (Phi) is 4.75. The largest absolute Gasteiger partial charge is 0.399 e. The van der Waals surface area contributed by atoms with Gasteiger partial charge in [-0.15, -0.1) is 0 Å². The van der Waals surface area contributed by atoms with E-state index in [0.29, 0.717) is 18.7 Å². The molecule has 6 heteroatoms. The fraction of sp³-hybridized carbons (Fsp3) is 0.381. The normalized spacial score (nSPS) is 24.4. The second-order valence-electron chi connectivity index (χ2n) is 7.27. The van der Waals surface area contributed by atoms with Gasteiger partial charge in [0.15, 0.2) is 5.41 Å². The van der Waals surface area contributed by atoms with Gasteiger partial charge in [0.25, 0.3) is 0 Å². The van der Waals surface area contributed by atoms with E-state index in [1.165, 1.54) is 12.1 Å². The van der Waals surface area contributed by atoms with Crippen molar-refractivity contribution in [2.75, 3.05) is 13.1 Å². The standard InChI is InChI=1S/C21H20FN5/c1-13(2)27-8-7-16-17(9-23)20(26)21(11-24,12-25)19(18(16)10-27)14-3-5-15(22)6-4-14/h3-7,13,18-19H,8,10,26H2,1-2H3/t18-,19?/m1/s1. The lowest BCUT2D eigenvalue weighted by Gasteiger charge is -2.46. The zero-order valence-electron chi connectivity index (χ0n) is 15.3. The Hall–Kier alpha value is -3.14. The molecule has 5 nitrogen and oxygen atoms in total. The van der Waals surface area contributed by atoms with Crippen LogP contribution in [0.1, 0.15) is 25.3 Å². The third-order valence-corrected chi connectivity index (χ3v) is 5.65. The van der Waals surface area contributed by atoms with E-state index in [-0.39, 0.29) is 23.2 Å². The van der Waals surface area contributed by atoms with Crippen LogP contribution in [0, 0.1) is 51.1 Å². The number of halogens is 1. The fourth-order valence-electron chi connectivity index (χ4n) is 4.17. The molecule has 0 aromatic heterocycles. The second-order valence-corrected chi connectivity index (χ2v) is 7.27. The van der Waals surface area contributed by atoms with Crippen molar-refractivity contribution in [2.24, 2.45) is 17.1 Å². The first-order chi connectivity index (χ1) is 12.9. The number of fused-ring (bicyclic) bond motifs is 1. The van der Waals surface area contributed by atoms with Gasteiger partial charge in [-0.25, -0.2) is 4.39 Å². The Morgan fingerprint density at radius 3 is 2.33 bits per heavy atom. The minimum Gasteiger partial charge on any atom is -0.399 e. The number of hydrogen-bond acceptors (Lipinski definition) is 5. The molecule has 27 heavy (non-hydrogen) atoms. The van der Waals surface area contributed by atoms with E-state index in [1.54, 1.807) is 12.1 Å². The van der Waals surface area contributed by atoms with Gasteiger partial charge in [0.1, 0.15) is 11.9 Å². The molecule has 0 radical (unpaired) electrons. The predicted octanol–water partition coefficient (Wildman–Crippen LogP) is 2.96. The summed E-state index contributed by atoms with van der Waals surface area (Å²) < 4.78 is 13.5. The molecule has 136 valence electrons. The van der Waals surface area contributed by atoms with Gasteiger partial charge in [-0.2, -0.15) is 15.8 Å². The van der Waals surface area contributed by atoms with Crippen molar-refractivity contribution in [2.45, 2.75) is 25.8 Å². The summed E-state index contributed by atoms with van der Waals surface area (Å²) >= 11 is 0. The van der Waals surface area contributed by atoms with Crippen LogP contribution >= 0.6 is 0 Å². The molecule has 0 fully saturated rings. The van der Waals surface area contributed by atoms with Crippen molar-refractivity contribution in [3.8, 4) is 18.2 Å². The molecule has 1 aromatic carbocycles. The topological polar surface area (TPSA) is 101 Å². The zero-order valence-corrected chi connectivity index (χ0v) is 15.3. The summed E-state index contributed by atoms with van der Waals surface area (Å²) in [4.78, 5) is 2.22. The molecule has 1 aliphatic heterocycles. The van der Waals surface area contributed by atoms with Gasteiger partial charge >= 0.3 is 0 Å². The maximum absolute atomic E-state index is 13.5. The van der Waals surface area contributed by atoms with Crippen LogP contribution in [-0.4, -0.2) is 24.0 Å². The minimum absolute atomic E-state index is 0.00942. The van der Waals surface area contributed by atoms with Crippen LogP contribution in [0.25, 0.3) is 0 Å². The van der Waals surface area contributed by atoms with Crippen LogP contribution in [-0.2, 0) is 0 Å². The molecule has 1 unspecified atom stereocenters. The van der Waals surface area contributed by atoms with E-state index in [9.17, 15) is 20.2 Å². The molecule has 0 saturated heterocycles. The number of nitrogens with two attached hydrogens (primary N) is 1. The van der Waals surface area contributed by atoms with Gasteiger partial charge in [-0.05, 0) is 37.1 Å². The molecule has 2 N–H and O–H groups in total. The van der Waals surface area contributed by atoms with E-state index in [1.807, 2.05) is 6.08 Å². The van der Waals surface area contributed by atoms with E-state index in [4.69, 9.17) is 5.73 Å². The Morgan fingerprint density at radius 1 is 1.19 bits per heavy atom. The Morgan fingerprint density at radius 2 is 1.81 bits per heavy atom. The van der Waals surface area contributed by atoms with Crippen LogP contribution in [0.15, 0.2) is 47.2 Å². The lowest BCUT2D eigenvalue weighted by atomic mass is 9.58. The minimum atomic E-state index is -1.68. The highest BCUT2D eigenvalue weighted by atomic mass is 19.1. The number of rotatable bonds is 2. The van der Waals surface area contributed by atoms with Crippen molar-refractivity contribution in [3.63, 3.8) is 0 Å². The van der Waals surface area contributed by atoms with Gasteiger partial charge in [0.2, 0.25) is 0 Å². The number of allylic oxidation sites excluding steroid dienone is 2. The number of hydrogen-bond donors (Lipinski definition) is 1. The SMILES string of the molecule is CC(C)N1CC=C2C(C#N)=C(N)C(C#N)(C#N)C(c3ccc(F)cc3)[C@@H]2C1. The number of nitrogens with zero attached hydrogens (tertiary/aromatic N) is 4. The Bertz CT molecular complexity index is 923. The highest BCUT2D eigenvalue weighted by molar-refractivity contribution is 5.59. The van der Waals surface area contributed by atoms with Crippen molar-refractivity contribution in [3.05, 3.63) is 58.6 Å². The van der Waals surface area contributed by atoms with Crippen molar-refractivity contribution in [1.82, 2.24) is 4.90 Å². The summed E-state index contributed by atoms with van der Waals surface area (Å²) in [6.45, 7) is 5.41. The molecule has 1 heterocycles. The lowest BCUT2D eigenvalue weighted by Crippen LogP contribution is -2.49. The third-order valence-electron chi connectivity index (χ3n) is 5.65. The lowest BCUT2D eigenvalue weighted by molar-refractivity contribution is 0.174. The van der Waals surface area contributed by atoms with Crippen molar-refractivity contribution < 1.29 is 4.39 Å². The van der Waals surface area contributed by atoms with Crippen LogP contribution in [0.4, 0.5) is 4.39 Å². The first-order valence-electron chi connectivity index (χ1n) is 8.82. The average molecular weight is 361 g/mol. The second kappa shape index (κ2) is 6.88. The van der Waals surface area contributed by atoms with Crippen LogP contribution in [0.2, 0.25) is 0 Å². The van der Waals surface area contributed by atoms with Crippen molar-refractivity contribution in [1.29, 1.82) is 15.8 Å². The Balaban J connectivity index is 2.29. The van der Waals surface area contributed by atoms with Crippen LogP contribution in [0.5, 0.6) is 0 Å². The van der Waals surface area contributed by atoms with E-state index in [0.717, 1.165) is 5.57 Å². The molecular weight excluding hydrogens is 341 g/mol. The Labute approximate surface area is 158 Å². The van der Waals surface area contributed by atoms with Gasteiger partial charge < -0.3 is 5.73 Å². The zero-order chi connectivity index (χ0) is 19.8. The third kappa shape index (κ3) is 2.78. The summed E-state index contributed by atoms with van der Waals surface area (Å²) in [6.07, 6.45) is 1.97. The molecule has 0 amide bonds. The molecule has 0 bridgehead atoms.